The number of imide groups is 1. The number of nitrogens with zero attached hydrogens (tertiary/aromatic N) is 1. The number of anilines is 1. The number of fused-ring (bicyclic) bond motifs is 1. The first kappa shape index (κ1) is 11.3. The number of benzene rings is 1. The summed E-state index contributed by atoms with van der Waals surface area (Å²) in [6.07, 6.45) is 1.22. The second-order valence-corrected chi connectivity index (χ2v) is 4.21. The van der Waals surface area contributed by atoms with E-state index in [0.29, 0.717) is 5.57 Å². The molecule has 0 saturated heterocycles. The Morgan fingerprint density at radius 3 is 2.32 bits per heavy atom. The minimum absolute atomic E-state index is 0.0626. The van der Waals surface area contributed by atoms with Crippen LogP contribution in [0.4, 0.5) is 5.69 Å². The first-order chi connectivity index (χ1) is 8.99. The van der Waals surface area contributed by atoms with Crippen LogP contribution in [0.5, 0.6) is 0 Å². The Kier molecular flexibility index (Phi) is 2.16. The van der Waals surface area contributed by atoms with Crippen LogP contribution in [0.25, 0.3) is 0 Å². The standard InChI is InChI=1S/C13H7NO5/c1-6-4-10(15)14(11(6)16)7-2-3-8-9(5-7)13(18)19-12(8)17/h2-5H,1H3. The lowest BCUT2D eigenvalue weighted by Gasteiger charge is -2.14. The van der Waals surface area contributed by atoms with Gasteiger partial charge in [-0.2, -0.15) is 0 Å². The quantitative estimate of drug-likeness (QED) is 0.422. The van der Waals surface area contributed by atoms with E-state index >= 15 is 0 Å². The second kappa shape index (κ2) is 3.61. The van der Waals surface area contributed by atoms with Crippen molar-refractivity contribution in [1.29, 1.82) is 0 Å². The lowest BCUT2D eigenvalue weighted by atomic mass is 10.1. The number of carbonyl (C=O) groups excluding carboxylic acids is 4. The summed E-state index contributed by atoms with van der Waals surface area (Å²) in [6, 6.07) is 4.11. The predicted molar refractivity (Wildman–Crippen MR) is 62.4 cm³/mol. The number of ether oxygens (including phenoxy) is 1. The van der Waals surface area contributed by atoms with E-state index in [0.717, 1.165) is 4.90 Å². The SMILES string of the molecule is CC1=CC(=O)N(c2ccc3c(c2)C(=O)OC3=O)C1=O. The molecule has 1 aromatic carbocycles. The van der Waals surface area contributed by atoms with E-state index in [9.17, 15) is 19.2 Å². The highest BCUT2D eigenvalue weighted by atomic mass is 16.6. The van der Waals surface area contributed by atoms with E-state index in [1.807, 2.05) is 0 Å². The van der Waals surface area contributed by atoms with Gasteiger partial charge >= 0.3 is 11.9 Å². The Hall–Kier alpha value is -2.76. The fourth-order valence-electron chi connectivity index (χ4n) is 2.04. The molecule has 0 N–H and O–H groups in total. The molecule has 3 rings (SSSR count). The van der Waals surface area contributed by atoms with Crippen molar-refractivity contribution in [3.63, 3.8) is 0 Å². The smallest absolute Gasteiger partial charge is 0.346 e. The van der Waals surface area contributed by atoms with Crippen molar-refractivity contribution in [2.45, 2.75) is 6.92 Å². The molecule has 0 saturated carbocycles. The summed E-state index contributed by atoms with van der Waals surface area (Å²) in [6.45, 7) is 1.53. The summed E-state index contributed by atoms with van der Waals surface area (Å²) < 4.78 is 4.44. The zero-order valence-electron chi connectivity index (χ0n) is 9.80. The highest BCUT2D eigenvalue weighted by Gasteiger charge is 2.34. The maximum atomic E-state index is 11.8. The molecule has 2 aliphatic heterocycles. The Labute approximate surface area is 107 Å². The average molecular weight is 257 g/mol. The minimum atomic E-state index is -0.773. The lowest BCUT2D eigenvalue weighted by molar-refractivity contribution is -0.120. The van der Waals surface area contributed by atoms with Gasteiger partial charge in [-0.3, -0.25) is 9.59 Å². The fourth-order valence-corrected chi connectivity index (χ4v) is 2.04. The van der Waals surface area contributed by atoms with Gasteiger partial charge in [-0.05, 0) is 25.1 Å². The molecule has 2 amide bonds. The Bertz CT molecular complexity index is 701. The maximum absolute atomic E-state index is 11.8. The first-order valence-corrected chi connectivity index (χ1v) is 5.46. The van der Waals surface area contributed by atoms with Gasteiger partial charge in [0.25, 0.3) is 11.8 Å². The minimum Gasteiger partial charge on any atom is -0.386 e. The molecule has 2 heterocycles. The number of esters is 2. The maximum Gasteiger partial charge on any atom is 0.346 e. The third-order valence-corrected chi connectivity index (χ3v) is 2.99. The summed E-state index contributed by atoms with van der Waals surface area (Å²) in [5.74, 6) is -2.41. The van der Waals surface area contributed by atoms with Crippen LogP contribution in [-0.2, 0) is 14.3 Å². The predicted octanol–water partition coefficient (Wildman–Crippen LogP) is 0.817. The highest BCUT2D eigenvalue weighted by molar-refractivity contribution is 6.30. The van der Waals surface area contributed by atoms with Crippen molar-refractivity contribution in [2.24, 2.45) is 0 Å². The van der Waals surface area contributed by atoms with Crippen molar-refractivity contribution < 1.29 is 23.9 Å². The lowest BCUT2D eigenvalue weighted by Crippen LogP contribution is -2.30. The molecule has 6 heteroatoms. The zero-order chi connectivity index (χ0) is 13.7. The third-order valence-electron chi connectivity index (χ3n) is 2.99. The van der Waals surface area contributed by atoms with Crippen molar-refractivity contribution >= 4 is 29.4 Å². The van der Waals surface area contributed by atoms with Crippen LogP contribution in [0.15, 0.2) is 29.8 Å². The molecule has 0 atom stereocenters. The summed E-state index contributed by atoms with van der Waals surface area (Å²) in [5.41, 5.74) is 0.767. The summed E-state index contributed by atoms with van der Waals surface area (Å²) in [5, 5.41) is 0. The Morgan fingerprint density at radius 1 is 1.00 bits per heavy atom. The van der Waals surface area contributed by atoms with Crippen LogP contribution < -0.4 is 4.90 Å². The molecule has 94 valence electrons. The van der Waals surface area contributed by atoms with Crippen molar-refractivity contribution in [3.05, 3.63) is 41.0 Å². The molecule has 1 aromatic rings. The number of amides is 2. The summed E-state index contributed by atoms with van der Waals surface area (Å²) >= 11 is 0. The van der Waals surface area contributed by atoms with Gasteiger partial charge in [0.2, 0.25) is 0 Å². The van der Waals surface area contributed by atoms with Crippen LogP contribution in [-0.4, -0.2) is 23.8 Å². The van der Waals surface area contributed by atoms with Gasteiger partial charge in [-0.15, -0.1) is 0 Å². The van der Waals surface area contributed by atoms with Crippen LogP contribution in [0, 0.1) is 0 Å². The van der Waals surface area contributed by atoms with E-state index in [2.05, 4.69) is 4.74 Å². The van der Waals surface area contributed by atoms with Gasteiger partial charge < -0.3 is 4.74 Å². The summed E-state index contributed by atoms with van der Waals surface area (Å²) in [7, 11) is 0. The van der Waals surface area contributed by atoms with Gasteiger partial charge in [0.15, 0.2) is 0 Å². The van der Waals surface area contributed by atoms with E-state index in [1.54, 1.807) is 0 Å². The topological polar surface area (TPSA) is 80.8 Å². The molecule has 0 radical (unpaired) electrons. The number of hydrogen-bond donors (Lipinski definition) is 0. The number of cyclic esters (lactones) is 2. The Morgan fingerprint density at radius 2 is 1.68 bits per heavy atom. The van der Waals surface area contributed by atoms with E-state index in [1.165, 1.54) is 31.2 Å². The molecule has 0 spiro atoms. The third kappa shape index (κ3) is 1.50. The van der Waals surface area contributed by atoms with Gasteiger partial charge in [-0.1, -0.05) is 0 Å². The van der Waals surface area contributed by atoms with E-state index in [-0.39, 0.29) is 16.8 Å². The van der Waals surface area contributed by atoms with Gasteiger partial charge in [0.05, 0.1) is 16.8 Å². The van der Waals surface area contributed by atoms with Crippen molar-refractivity contribution in [1.82, 2.24) is 0 Å². The first-order valence-electron chi connectivity index (χ1n) is 5.46. The molecule has 0 bridgehead atoms. The molecule has 6 nitrogen and oxygen atoms in total. The number of hydrogen-bond acceptors (Lipinski definition) is 5. The molecular weight excluding hydrogens is 250 g/mol. The number of carbonyl (C=O) groups is 4. The molecule has 19 heavy (non-hydrogen) atoms. The molecule has 0 fully saturated rings. The second-order valence-electron chi connectivity index (χ2n) is 4.21. The monoisotopic (exact) mass is 257 g/mol. The average Bonchev–Trinajstić information content (AvgIpc) is 2.78. The summed E-state index contributed by atoms with van der Waals surface area (Å²) in [4.78, 5) is 47.2. The molecular formula is C13H7NO5. The van der Waals surface area contributed by atoms with Crippen LogP contribution in [0.2, 0.25) is 0 Å². The number of rotatable bonds is 1. The van der Waals surface area contributed by atoms with Crippen LogP contribution in [0.3, 0.4) is 0 Å². The van der Waals surface area contributed by atoms with Gasteiger partial charge in [0.1, 0.15) is 0 Å². The fraction of sp³-hybridized carbons (Fsp3) is 0.0769. The Balaban J connectivity index is 2.08. The largest absolute Gasteiger partial charge is 0.386 e. The molecule has 0 unspecified atom stereocenters. The normalized spacial score (nSPS) is 17.7. The van der Waals surface area contributed by atoms with Crippen molar-refractivity contribution in [2.75, 3.05) is 4.90 Å². The molecule has 0 aromatic heterocycles. The van der Waals surface area contributed by atoms with E-state index < -0.39 is 23.8 Å². The highest BCUT2D eigenvalue weighted by Crippen LogP contribution is 2.28. The van der Waals surface area contributed by atoms with Gasteiger partial charge in [-0.25, -0.2) is 14.5 Å². The van der Waals surface area contributed by atoms with Gasteiger partial charge in [0, 0.05) is 11.6 Å². The zero-order valence-corrected chi connectivity index (χ0v) is 9.80. The molecule has 0 aliphatic carbocycles. The van der Waals surface area contributed by atoms with Crippen molar-refractivity contribution in [3.8, 4) is 0 Å². The molecule has 2 aliphatic rings. The van der Waals surface area contributed by atoms with Crippen LogP contribution in [0.1, 0.15) is 27.6 Å². The van der Waals surface area contributed by atoms with E-state index in [4.69, 9.17) is 0 Å². The van der Waals surface area contributed by atoms with Crippen LogP contribution >= 0.6 is 0 Å².